The lowest BCUT2D eigenvalue weighted by atomic mass is 10.0. The SMILES string of the molecule is Cc1ccc(NC(=O)C(C(C)C)N(C)C)cc1N. The number of carbonyl (C=O) groups is 1. The van der Waals surface area contributed by atoms with Crippen molar-refractivity contribution < 1.29 is 4.79 Å². The number of hydrogen-bond donors (Lipinski definition) is 2. The zero-order valence-electron chi connectivity index (χ0n) is 11.8. The molecule has 4 nitrogen and oxygen atoms in total. The van der Waals surface area contributed by atoms with Crippen molar-refractivity contribution in [3.63, 3.8) is 0 Å². The van der Waals surface area contributed by atoms with Gasteiger partial charge in [0, 0.05) is 11.4 Å². The van der Waals surface area contributed by atoms with Crippen LogP contribution < -0.4 is 11.1 Å². The Morgan fingerprint density at radius 2 is 1.94 bits per heavy atom. The van der Waals surface area contributed by atoms with Crippen LogP contribution in [0.25, 0.3) is 0 Å². The van der Waals surface area contributed by atoms with Gasteiger partial charge in [-0.25, -0.2) is 0 Å². The minimum atomic E-state index is -0.146. The van der Waals surface area contributed by atoms with Gasteiger partial charge in [-0.2, -0.15) is 0 Å². The largest absolute Gasteiger partial charge is 0.398 e. The van der Waals surface area contributed by atoms with Crippen LogP contribution in [-0.2, 0) is 4.79 Å². The van der Waals surface area contributed by atoms with E-state index in [0.29, 0.717) is 5.69 Å². The van der Waals surface area contributed by atoms with Crippen molar-refractivity contribution in [3.05, 3.63) is 23.8 Å². The standard InChI is InChI=1S/C14H23N3O/c1-9(2)13(17(4)5)14(18)16-11-7-6-10(3)12(15)8-11/h6-9,13H,15H2,1-5H3,(H,16,18). The van der Waals surface area contributed by atoms with Crippen LogP contribution in [0.1, 0.15) is 19.4 Å². The molecule has 0 aliphatic heterocycles. The highest BCUT2D eigenvalue weighted by Gasteiger charge is 2.24. The molecule has 0 fully saturated rings. The van der Waals surface area contributed by atoms with Gasteiger partial charge in [-0.1, -0.05) is 19.9 Å². The van der Waals surface area contributed by atoms with Crippen LogP contribution in [0.3, 0.4) is 0 Å². The van der Waals surface area contributed by atoms with Crippen molar-refractivity contribution >= 4 is 17.3 Å². The molecule has 1 rings (SSSR count). The second-order valence-electron chi connectivity index (χ2n) is 5.21. The molecule has 0 saturated heterocycles. The lowest BCUT2D eigenvalue weighted by Crippen LogP contribution is -2.43. The summed E-state index contributed by atoms with van der Waals surface area (Å²) < 4.78 is 0. The molecule has 0 aromatic heterocycles. The minimum Gasteiger partial charge on any atom is -0.398 e. The highest BCUT2D eigenvalue weighted by molar-refractivity contribution is 5.95. The van der Waals surface area contributed by atoms with Crippen LogP contribution in [0.4, 0.5) is 11.4 Å². The number of nitrogens with one attached hydrogen (secondary N) is 1. The molecule has 0 aliphatic carbocycles. The zero-order valence-corrected chi connectivity index (χ0v) is 11.8. The molecular weight excluding hydrogens is 226 g/mol. The van der Waals surface area contributed by atoms with Crippen LogP contribution >= 0.6 is 0 Å². The number of nitrogens with zero attached hydrogens (tertiary/aromatic N) is 1. The number of carbonyl (C=O) groups excluding carboxylic acids is 1. The molecule has 1 aromatic carbocycles. The highest BCUT2D eigenvalue weighted by atomic mass is 16.2. The predicted molar refractivity (Wildman–Crippen MR) is 76.5 cm³/mol. The van der Waals surface area contributed by atoms with Gasteiger partial charge < -0.3 is 11.1 Å². The second kappa shape index (κ2) is 5.87. The second-order valence-corrected chi connectivity index (χ2v) is 5.21. The summed E-state index contributed by atoms with van der Waals surface area (Å²) in [6, 6.07) is 5.43. The molecule has 18 heavy (non-hydrogen) atoms. The maximum absolute atomic E-state index is 12.2. The molecule has 1 atom stereocenters. The van der Waals surface area contributed by atoms with E-state index >= 15 is 0 Å². The first kappa shape index (κ1) is 14.5. The first-order valence-electron chi connectivity index (χ1n) is 6.16. The number of anilines is 2. The Kier molecular flexibility index (Phi) is 4.73. The van der Waals surface area contributed by atoms with Gasteiger partial charge >= 0.3 is 0 Å². The van der Waals surface area contributed by atoms with E-state index in [1.165, 1.54) is 0 Å². The predicted octanol–water partition coefficient (Wildman–Crippen LogP) is 2.10. The first-order valence-corrected chi connectivity index (χ1v) is 6.16. The van der Waals surface area contributed by atoms with Gasteiger partial charge in [0.1, 0.15) is 0 Å². The fourth-order valence-corrected chi connectivity index (χ4v) is 2.07. The third-order valence-corrected chi connectivity index (χ3v) is 3.00. The Labute approximate surface area is 109 Å². The molecule has 0 saturated carbocycles. The van der Waals surface area contributed by atoms with E-state index in [2.05, 4.69) is 5.32 Å². The molecule has 0 radical (unpaired) electrons. The molecule has 0 bridgehead atoms. The van der Waals surface area contributed by atoms with Crippen molar-refractivity contribution in [2.24, 2.45) is 5.92 Å². The summed E-state index contributed by atoms with van der Waals surface area (Å²) in [5.74, 6) is 0.251. The maximum Gasteiger partial charge on any atom is 0.241 e. The van der Waals surface area contributed by atoms with E-state index < -0.39 is 0 Å². The van der Waals surface area contributed by atoms with Gasteiger partial charge in [0.2, 0.25) is 5.91 Å². The van der Waals surface area contributed by atoms with E-state index in [-0.39, 0.29) is 17.9 Å². The molecule has 1 amide bonds. The minimum absolute atomic E-state index is 0.00162. The highest BCUT2D eigenvalue weighted by Crippen LogP contribution is 2.18. The fourth-order valence-electron chi connectivity index (χ4n) is 2.07. The monoisotopic (exact) mass is 249 g/mol. The van der Waals surface area contributed by atoms with Gasteiger partial charge in [0.15, 0.2) is 0 Å². The molecule has 4 heteroatoms. The van der Waals surface area contributed by atoms with Crippen LogP contribution in [0.2, 0.25) is 0 Å². The normalized spacial score (nSPS) is 12.8. The van der Waals surface area contributed by atoms with Crippen LogP contribution in [0, 0.1) is 12.8 Å². The number of nitrogen functional groups attached to an aromatic ring is 1. The van der Waals surface area contributed by atoms with Crippen molar-refractivity contribution in [2.75, 3.05) is 25.1 Å². The number of amides is 1. The van der Waals surface area contributed by atoms with E-state index in [0.717, 1.165) is 11.3 Å². The lowest BCUT2D eigenvalue weighted by Gasteiger charge is -2.26. The summed E-state index contributed by atoms with van der Waals surface area (Å²) in [4.78, 5) is 14.1. The van der Waals surface area contributed by atoms with Gasteiger partial charge in [0.05, 0.1) is 6.04 Å². The lowest BCUT2D eigenvalue weighted by molar-refractivity contribution is -0.121. The molecule has 3 N–H and O–H groups in total. The number of likely N-dealkylation sites (N-methyl/N-ethyl adjacent to an activating group) is 1. The molecular formula is C14H23N3O. The Balaban J connectivity index is 2.82. The van der Waals surface area contributed by atoms with E-state index in [1.54, 1.807) is 6.07 Å². The smallest absolute Gasteiger partial charge is 0.241 e. The third kappa shape index (κ3) is 3.47. The maximum atomic E-state index is 12.2. The topological polar surface area (TPSA) is 58.4 Å². The molecule has 1 unspecified atom stereocenters. The summed E-state index contributed by atoms with van der Waals surface area (Å²) in [5, 5.41) is 2.91. The van der Waals surface area contributed by atoms with Crippen molar-refractivity contribution in [1.29, 1.82) is 0 Å². The fraction of sp³-hybridized carbons (Fsp3) is 0.500. The summed E-state index contributed by atoms with van der Waals surface area (Å²) in [6.07, 6.45) is 0. The molecule has 1 aromatic rings. The summed E-state index contributed by atoms with van der Waals surface area (Å²) >= 11 is 0. The Morgan fingerprint density at radius 3 is 2.39 bits per heavy atom. The average molecular weight is 249 g/mol. The third-order valence-electron chi connectivity index (χ3n) is 3.00. The number of nitrogens with two attached hydrogens (primary N) is 1. The number of benzene rings is 1. The number of hydrogen-bond acceptors (Lipinski definition) is 3. The van der Waals surface area contributed by atoms with E-state index in [4.69, 9.17) is 5.73 Å². The molecule has 0 spiro atoms. The van der Waals surface area contributed by atoms with Crippen LogP contribution in [0.5, 0.6) is 0 Å². The number of aryl methyl sites for hydroxylation is 1. The Hall–Kier alpha value is -1.55. The van der Waals surface area contributed by atoms with Crippen molar-refractivity contribution in [3.8, 4) is 0 Å². The summed E-state index contributed by atoms with van der Waals surface area (Å²) in [5.41, 5.74) is 8.28. The van der Waals surface area contributed by atoms with Gasteiger partial charge in [-0.05, 0) is 44.6 Å². The van der Waals surface area contributed by atoms with Crippen LogP contribution in [-0.4, -0.2) is 30.9 Å². The van der Waals surface area contributed by atoms with Gasteiger partial charge in [-0.3, -0.25) is 9.69 Å². The molecule has 0 aliphatic rings. The Bertz CT molecular complexity index is 419. The van der Waals surface area contributed by atoms with E-state index in [9.17, 15) is 4.79 Å². The van der Waals surface area contributed by atoms with Crippen LogP contribution in [0.15, 0.2) is 18.2 Å². The van der Waals surface area contributed by atoms with Crippen molar-refractivity contribution in [1.82, 2.24) is 4.90 Å². The van der Waals surface area contributed by atoms with Gasteiger partial charge in [-0.15, -0.1) is 0 Å². The quantitative estimate of drug-likeness (QED) is 0.803. The van der Waals surface area contributed by atoms with E-state index in [1.807, 2.05) is 51.9 Å². The first-order chi connectivity index (χ1) is 8.32. The van der Waals surface area contributed by atoms with Crippen molar-refractivity contribution in [2.45, 2.75) is 26.8 Å². The zero-order chi connectivity index (χ0) is 13.9. The summed E-state index contributed by atoms with van der Waals surface area (Å²) in [6.45, 7) is 6.01. The van der Waals surface area contributed by atoms with Gasteiger partial charge in [0.25, 0.3) is 0 Å². The average Bonchev–Trinajstić information content (AvgIpc) is 2.22. The number of rotatable bonds is 4. The molecule has 100 valence electrons. The Morgan fingerprint density at radius 1 is 1.33 bits per heavy atom. The molecule has 0 heterocycles. The summed E-state index contributed by atoms with van der Waals surface area (Å²) in [7, 11) is 3.82.